The minimum absolute atomic E-state index is 0.314. The van der Waals surface area contributed by atoms with Crippen LogP contribution in [-0.4, -0.2) is 28.5 Å². The van der Waals surface area contributed by atoms with E-state index in [1.54, 1.807) is 30.3 Å². The number of benzene rings is 1. The second-order valence-corrected chi connectivity index (χ2v) is 2.67. The molecule has 0 aromatic heterocycles. The number of aliphatic hydroxyl groups excluding tert-OH is 1. The number of esters is 1. The minimum atomic E-state index is -1.91. The molecule has 0 aliphatic heterocycles. The molecule has 0 saturated heterocycles. The van der Waals surface area contributed by atoms with E-state index in [1.165, 1.54) is 0 Å². The molecule has 0 bridgehead atoms. The SMILES string of the molecule is N[C@@H](C(=O)Oc1ccccc1)C(O)O. The summed E-state index contributed by atoms with van der Waals surface area (Å²) in [5.41, 5.74) is 5.13. The fourth-order valence-corrected chi connectivity index (χ4v) is 0.794. The quantitative estimate of drug-likeness (QED) is 0.336. The van der Waals surface area contributed by atoms with Gasteiger partial charge < -0.3 is 20.7 Å². The maximum atomic E-state index is 11.1. The van der Waals surface area contributed by atoms with E-state index < -0.39 is 18.3 Å². The summed E-state index contributed by atoms with van der Waals surface area (Å²) >= 11 is 0. The van der Waals surface area contributed by atoms with E-state index >= 15 is 0 Å². The Kier molecular flexibility index (Phi) is 3.58. The molecule has 0 saturated carbocycles. The zero-order valence-corrected chi connectivity index (χ0v) is 7.33. The van der Waals surface area contributed by atoms with Crippen LogP contribution >= 0.6 is 0 Å². The Labute approximate surface area is 80.7 Å². The average molecular weight is 197 g/mol. The lowest BCUT2D eigenvalue weighted by Gasteiger charge is -2.12. The predicted octanol–water partition coefficient (Wildman–Crippen LogP) is -0.770. The third-order valence-corrected chi connectivity index (χ3v) is 1.56. The van der Waals surface area contributed by atoms with Crippen LogP contribution in [0.15, 0.2) is 30.3 Å². The van der Waals surface area contributed by atoms with Crippen molar-refractivity contribution in [3.63, 3.8) is 0 Å². The van der Waals surface area contributed by atoms with E-state index in [1.807, 2.05) is 0 Å². The first-order valence-electron chi connectivity index (χ1n) is 3.99. The molecule has 14 heavy (non-hydrogen) atoms. The molecule has 76 valence electrons. The van der Waals surface area contributed by atoms with Crippen molar-refractivity contribution < 1.29 is 19.7 Å². The van der Waals surface area contributed by atoms with Crippen molar-refractivity contribution in [1.82, 2.24) is 0 Å². The Morgan fingerprint density at radius 1 is 1.29 bits per heavy atom. The van der Waals surface area contributed by atoms with Gasteiger partial charge in [-0.15, -0.1) is 0 Å². The van der Waals surface area contributed by atoms with Crippen molar-refractivity contribution in [1.29, 1.82) is 0 Å². The molecule has 5 nitrogen and oxygen atoms in total. The number of hydrogen-bond donors (Lipinski definition) is 3. The third-order valence-electron chi connectivity index (χ3n) is 1.56. The standard InChI is InChI=1S/C9H11NO4/c10-7(8(11)12)9(13)14-6-4-2-1-3-5-6/h1-5,7-8,11-12H,10H2/t7-/m1/s1. The van der Waals surface area contributed by atoms with Gasteiger partial charge in [0, 0.05) is 0 Å². The van der Waals surface area contributed by atoms with Crippen LogP contribution in [0.25, 0.3) is 0 Å². The summed E-state index contributed by atoms with van der Waals surface area (Å²) < 4.78 is 4.75. The Balaban J connectivity index is 2.58. The van der Waals surface area contributed by atoms with Gasteiger partial charge in [-0.3, -0.25) is 0 Å². The van der Waals surface area contributed by atoms with Crippen LogP contribution in [0, 0.1) is 0 Å². The highest BCUT2D eigenvalue weighted by Gasteiger charge is 2.22. The van der Waals surface area contributed by atoms with Crippen molar-refractivity contribution in [2.24, 2.45) is 5.73 Å². The van der Waals surface area contributed by atoms with Crippen molar-refractivity contribution in [3.8, 4) is 5.75 Å². The number of rotatable bonds is 3. The molecule has 1 aromatic rings. The molecule has 0 aliphatic carbocycles. The fourth-order valence-electron chi connectivity index (χ4n) is 0.794. The molecular weight excluding hydrogens is 186 g/mol. The van der Waals surface area contributed by atoms with Crippen LogP contribution in [-0.2, 0) is 4.79 Å². The number of para-hydroxylation sites is 1. The van der Waals surface area contributed by atoms with Gasteiger partial charge in [0.2, 0.25) is 0 Å². The summed E-state index contributed by atoms with van der Waals surface area (Å²) in [6, 6.07) is 6.81. The van der Waals surface area contributed by atoms with E-state index in [0.717, 1.165) is 0 Å². The Morgan fingerprint density at radius 2 is 1.86 bits per heavy atom. The topological polar surface area (TPSA) is 92.8 Å². The van der Waals surface area contributed by atoms with Gasteiger partial charge >= 0.3 is 5.97 Å². The summed E-state index contributed by atoms with van der Waals surface area (Å²) in [5.74, 6) is -0.570. The van der Waals surface area contributed by atoms with Gasteiger partial charge in [0.25, 0.3) is 0 Å². The second-order valence-electron chi connectivity index (χ2n) is 2.67. The van der Waals surface area contributed by atoms with Gasteiger partial charge in [-0.2, -0.15) is 0 Å². The third kappa shape index (κ3) is 2.81. The first kappa shape index (κ1) is 10.6. The molecule has 0 spiro atoms. The number of aliphatic hydroxyl groups is 2. The molecule has 0 aliphatic rings. The van der Waals surface area contributed by atoms with Gasteiger partial charge in [-0.05, 0) is 12.1 Å². The van der Waals surface area contributed by atoms with Crippen molar-refractivity contribution >= 4 is 5.97 Å². The highest BCUT2D eigenvalue weighted by molar-refractivity contribution is 5.78. The number of carbonyl (C=O) groups is 1. The van der Waals surface area contributed by atoms with Crippen LogP contribution in [0.5, 0.6) is 5.75 Å². The average Bonchev–Trinajstić information content (AvgIpc) is 2.18. The summed E-state index contributed by atoms with van der Waals surface area (Å²) in [7, 11) is 0. The fraction of sp³-hybridized carbons (Fsp3) is 0.222. The largest absolute Gasteiger partial charge is 0.425 e. The Hall–Kier alpha value is -1.43. The number of carbonyl (C=O) groups excluding carboxylic acids is 1. The van der Waals surface area contributed by atoms with Crippen LogP contribution < -0.4 is 10.5 Å². The normalized spacial score (nSPS) is 12.6. The maximum absolute atomic E-state index is 11.1. The zero-order chi connectivity index (χ0) is 10.6. The highest BCUT2D eigenvalue weighted by atomic mass is 16.5. The molecule has 0 unspecified atom stereocenters. The van der Waals surface area contributed by atoms with E-state index in [2.05, 4.69) is 0 Å². The molecule has 0 heterocycles. The Bertz CT molecular complexity index is 299. The Morgan fingerprint density at radius 3 is 2.36 bits per heavy atom. The maximum Gasteiger partial charge on any atom is 0.333 e. The lowest BCUT2D eigenvalue weighted by Crippen LogP contribution is -2.44. The number of ether oxygens (including phenoxy) is 1. The summed E-state index contributed by atoms with van der Waals surface area (Å²) in [6.45, 7) is 0. The van der Waals surface area contributed by atoms with Crippen LogP contribution in [0.2, 0.25) is 0 Å². The summed E-state index contributed by atoms with van der Waals surface area (Å²) in [6.07, 6.45) is -1.91. The second kappa shape index (κ2) is 4.71. The number of nitrogens with two attached hydrogens (primary N) is 1. The minimum Gasteiger partial charge on any atom is -0.425 e. The summed E-state index contributed by atoms with van der Waals surface area (Å²) in [5, 5.41) is 17.2. The molecule has 5 heteroatoms. The molecule has 1 rings (SSSR count). The van der Waals surface area contributed by atoms with Gasteiger partial charge in [0.1, 0.15) is 5.75 Å². The van der Waals surface area contributed by atoms with E-state index in [-0.39, 0.29) is 0 Å². The molecule has 0 amide bonds. The monoisotopic (exact) mass is 197 g/mol. The number of hydrogen-bond acceptors (Lipinski definition) is 5. The molecular formula is C9H11NO4. The van der Waals surface area contributed by atoms with Gasteiger partial charge in [0.15, 0.2) is 12.3 Å². The van der Waals surface area contributed by atoms with Gasteiger partial charge in [-0.25, -0.2) is 4.79 Å². The summed E-state index contributed by atoms with van der Waals surface area (Å²) in [4.78, 5) is 11.1. The zero-order valence-electron chi connectivity index (χ0n) is 7.33. The first-order valence-corrected chi connectivity index (χ1v) is 3.99. The van der Waals surface area contributed by atoms with Crippen LogP contribution in [0.3, 0.4) is 0 Å². The van der Waals surface area contributed by atoms with Crippen molar-refractivity contribution in [2.45, 2.75) is 12.3 Å². The molecule has 4 N–H and O–H groups in total. The predicted molar refractivity (Wildman–Crippen MR) is 48.3 cm³/mol. The van der Waals surface area contributed by atoms with Crippen LogP contribution in [0.4, 0.5) is 0 Å². The lowest BCUT2D eigenvalue weighted by molar-refractivity contribution is -0.146. The molecule has 0 radical (unpaired) electrons. The van der Waals surface area contributed by atoms with E-state index in [0.29, 0.717) is 5.75 Å². The lowest BCUT2D eigenvalue weighted by atomic mass is 10.3. The van der Waals surface area contributed by atoms with Gasteiger partial charge in [0.05, 0.1) is 0 Å². The molecule has 0 fully saturated rings. The van der Waals surface area contributed by atoms with Crippen molar-refractivity contribution in [3.05, 3.63) is 30.3 Å². The molecule has 1 aromatic carbocycles. The van der Waals surface area contributed by atoms with E-state index in [9.17, 15) is 4.79 Å². The van der Waals surface area contributed by atoms with Crippen LogP contribution in [0.1, 0.15) is 0 Å². The van der Waals surface area contributed by atoms with E-state index in [4.69, 9.17) is 20.7 Å². The smallest absolute Gasteiger partial charge is 0.333 e. The van der Waals surface area contributed by atoms with Gasteiger partial charge in [-0.1, -0.05) is 18.2 Å². The molecule has 1 atom stereocenters. The first-order chi connectivity index (χ1) is 6.61. The highest BCUT2D eigenvalue weighted by Crippen LogP contribution is 2.09. The van der Waals surface area contributed by atoms with Crippen molar-refractivity contribution in [2.75, 3.05) is 0 Å².